The molecule has 13 heavy (non-hydrogen) atoms. The highest BCUT2D eigenvalue weighted by molar-refractivity contribution is 5.81. The highest BCUT2D eigenvalue weighted by Crippen LogP contribution is 2.22. The van der Waals surface area contributed by atoms with E-state index in [1.54, 1.807) is 0 Å². The largest absolute Gasteiger partial charge is 0.288 e. The van der Waals surface area contributed by atoms with E-state index in [-0.39, 0.29) is 0 Å². The molecule has 0 unspecified atom stereocenters. The van der Waals surface area contributed by atoms with Crippen LogP contribution < -0.4 is 5.43 Å². The third-order valence-electron chi connectivity index (χ3n) is 3.38. The maximum absolute atomic E-state index is 4.46. The van der Waals surface area contributed by atoms with E-state index in [9.17, 15) is 0 Å². The van der Waals surface area contributed by atoms with Crippen LogP contribution in [-0.2, 0) is 0 Å². The zero-order valence-electron chi connectivity index (χ0n) is 8.00. The van der Waals surface area contributed by atoms with E-state index in [2.05, 4.69) is 15.3 Å². The lowest BCUT2D eigenvalue weighted by Gasteiger charge is -2.35. The number of rotatable bonds is 0. The Bertz CT molecular complexity index is 242. The molecule has 4 heteroatoms. The Labute approximate surface area is 78.8 Å². The van der Waals surface area contributed by atoms with Crippen LogP contribution in [0.15, 0.2) is 4.99 Å². The molecule has 3 aliphatic rings. The van der Waals surface area contributed by atoms with Gasteiger partial charge in [0.2, 0.25) is 5.96 Å². The minimum Gasteiger partial charge on any atom is -0.288 e. The molecule has 0 aromatic rings. The number of fused-ring (bicyclic) bond motifs is 1. The third-order valence-corrected chi connectivity index (χ3v) is 3.38. The van der Waals surface area contributed by atoms with Gasteiger partial charge in [-0.1, -0.05) is 0 Å². The lowest BCUT2D eigenvalue weighted by Crippen LogP contribution is -2.57. The van der Waals surface area contributed by atoms with Crippen LogP contribution in [0.2, 0.25) is 0 Å². The summed E-state index contributed by atoms with van der Waals surface area (Å²) in [6.07, 6.45) is 4.15. The van der Waals surface area contributed by atoms with Crippen LogP contribution in [0.1, 0.15) is 19.3 Å². The van der Waals surface area contributed by atoms with E-state index in [4.69, 9.17) is 0 Å². The summed E-state index contributed by atoms with van der Waals surface area (Å²) in [4.78, 5) is 6.86. The van der Waals surface area contributed by atoms with Gasteiger partial charge in [-0.25, -0.2) is 15.0 Å². The summed E-state index contributed by atoms with van der Waals surface area (Å²) in [6, 6.07) is 0. The SMILES string of the molecule is C1CC[N+]2(CC1)CN1CCN=C1N2. The van der Waals surface area contributed by atoms with Crippen molar-refractivity contribution in [3.8, 4) is 0 Å². The zero-order valence-corrected chi connectivity index (χ0v) is 8.00. The summed E-state index contributed by atoms with van der Waals surface area (Å²) in [7, 11) is 0. The predicted octanol–water partition coefficient (Wildman–Crippen LogP) is 0.134. The first kappa shape index (κ1) is 7.62. The molecule has 0 aliphatic carbocycles. The van der Waals surface area contributed by atoms with Gasteiger partial charge in [-0.2, -0.15) is 0 Å². The Kier molecular flexibility index (Phi) is 1.53. The second-order valence-corrected chi connectivity index (χ2v) is 4.38. The van der Waals surface area contributed by atoms with Gasteiger partial charge in [0, 0.05) is 6.54 Å². The smallest absolute Gasteiger partial charge is 0.245 e. The maximum atomic E-state index is 4.46. The molecule has 72 valence electrons. The average Bonchev–Trinajstić information content (AvgIpc) is 2.64. The second-order valence-electron chi connectivity index (χ2n) is 4.38. The number of nitrogens with one attached hydrogen (secondary N) is 1. The topological polar surface area (TPSA) is 27.6 Å². The fourth-order valence-corrected chi connectivity index (χ4v) is 2.67. The molecule has 2 fully saturated rings. The molecule has 3 heterocycles. The summed E-state index contributed by atoms with van der Waals surface area (Å²) in [5.74, 6) is 1.15. The van der Waals surface area contributed by atoms with Crippen LogP contribution >= 0.6 is 0 Å². The second kappa shape index (κ2) is 2.61. The normalized spacial score (nSPS) is 30.2. The number of aliphatic imine (C=N–C) groups is 1. The summed E-state index contributed by atoms with van der Waals surface area (Å²) in [6.45, 7) is 5.84. The van der Waals surface area contributed by atoms with Gasteiger partial charge in [0.15, 0.2) is 6.67 Å². The molecule has 0 aromatic carbocycles. The molecule has 0 radical (unpaired) electrons. The highest BCUT2D eigenvalue weighted by atomic mass is 15.8. The molecule has 4 nitrogen and oxygen atoms in total. The van der Waals surface area contributed by atoms with Crippen LogP contribution in [0.4, 0.5) is 0 Å². The fourth-order valence-electron chi connectivity index (χ4n) is 2.67. The predicted molar refractivity (Wildman–Crippen MR) is 50.9 cm³/mol. The first-order valence-corrected chi connectivity index (χ1v) is 5.32. The lowest BCUT2D eigenvalue weighted by molar-refractivity contribution is -0.961. The number of quaternary nitrogens is 1. The van der Waals surface area contributed by atoms with E-state index >= 15 is 0 Å². The van der Waals surface area contributed by atoms with Crippen molar-refractivity contribution in [3.63, 3.8) is 0 Å². The van der Waals surface area contributed by atoms with Gasteiger partial charge in [-0.15, -0.1) is 0 Å². The molecule has 0 amide bonds. The first-order chi connectivity index (χ1) is 6.38. The van der Waals surface area contributed by atoms with Gasteiger partial charge in [-0.3, -0.25) is 4.90 Å². The van der Waals surface area contributed by atoms with E-state index in [1.807, 2.05) is 0 Å². The Hall–Kier alpha value is -0.770. The summed E-state index contributed by atoms with van der Waals surface area (Å²) in [5.41, 5.74) is 3.58. The Balaban J connectivity index is 1.79. The van der Waals surface area contributed by atoms with Crippen LogP contribution in [0.5, 0.6) is 0 Å². The monoisotopic (exact) mass is 181 g/mol. The Morgan fingerprint density at radius 1 is 1.23 bits per heavy atom. The fraction of sp³-hybridized carbons (Fsp3) is 0.889. The van der Waals surface area contributed by atoms with Gasteiger partial charge in [-0.05, 0) is 19.3 Å². The molecule has 0 saturated carbocycles. The van der Waals surface area contributed by atoms with Crippen molar-refractivity contribution in [2.75, 3.05) is 32.8 Å². The molecular weight excluding hydrogens is 164 g/mol. The summed E-state index contributed by atoms with van der Waals surface area (Å²) in [5, 5.41) is 0. The van der Waals surface area contributed by atoms with E-state index in [0.717, 1.165) is 30.3 Å². The third kappa shape index (κ3) is 1.12. The minimum absolute atomic E-state index is 0.988. The van der Waals surface area contributed by atoms with Gasteiger partial charge < -0.3 is 0 Å². The van der Waals surface area contributed by atoms with E-state index in [1.165, 1.54) is 32.4 Å². The van der Waals surface area contributed by atoms with Crippen LogP contribution in [-0.4, -0.2) is 48.3 Å². The molecule has 0 aromatic heterocycles. The summed E-state index contributed by atoms with van der Waals surface area (Å²) < 4.78 is 1.08. The van der Waals surface area contributed by atoms with Crippen molar-refractivity contribution in [1.29, 1.82) is 0 Å². The number of hydrogen-bond acceptors (Lipinski definition) is 3. The maximum Gasteiger partial charge on any atom is 0.245 e. The van der Waals surface area contributed by atoms with Gasteiger partial charge in [0.1, 0.15) is 13.1 Å². The summed E-state index contributed by atoms with van der Waals surface area (Å²) >= 11 is 0. The van der Waals surface area contributed by atoms with Gasteiger partial charge in [0.05, 0.1) is 6.54 Å². The molecule has 3 rings (SSSR count). The van der Waals surface area contributed by atoms with Crippen LogP contribution in [0.3, 0.4) is 0 Å². The molecule has 0 bridgehead atoms. The van der Waals surface area contributed by atoms with Crippen molar-refractivity contribution in [2.24, 2.45) is 4.99 Å². The van der Waals surface area contributed by atoms with Crippen LogP contribution in [0.25, 0.3) is 0 Å². The minimum atomic E-state index is 0.988. The van der Waals surface area contributed by atoms with Crippen molar-refractivity contribution >= 4 is 5.96 Å². The highest BCUT2D eigenvalue weighted by Gasteiger charge is 2.42. The van der Waals surface area contributed by atoms with E-state index < -0.39 is 0 Å². The number of piperidine rings is 1. The van der Waals surface area contributed by atoms with Crippen molar-refractivity contribution in [2.45, 2.75) is 19.3 Å². The Morgan fingerprint density at radius 3 is 2.85 bits per heavy atom. The molecule has 2 saturated heterocycles. The van der Waals surface area contributed by atoms with Gasteiger partial charge >= 0.3 is 0 Å². The first-order valence-electron chi connectivity index (χ1n) is 5.32. The lowest BCUT2D eigenvalue weighted by atomic mass is 10.1. The standard InChI is InChI=1S/C9H17N4/c1-2-6-13(7-3-1)8-12-5-4-10-9(12)11-13/h1-8H2,(H,10,11)/q+1. The molecule has 1 N–H and O–H groups in total. The van der Waals surface area contributed by atoms with Gasteiger partial charge in [0.25, 0.3) is 0 Å². The number of hydrogen-bond donors (Lipinski definition) is 1. The molecule has 1 spiro atoms. The van der Waals surface area contributed by atoms with Crippen molar-refractivity contribution in [1.82, 2.24) is 10.3 Å². The van der Waals surface area contributed by atoms with E-state index in [0.29, 0.717) is 0 Å². The van der Waals surface area contributed by atoms with Crippen molar-refractivity contribution in [3.05, 3.63) is 0 Å². The molecule has 0 atom stereocenters. The van der Waals surface area contributed by atoms with Crippen molar-refractivity contribution < 1.29 is 4.59 Å². The quantitative estimate of drug-likeness (QED) is 0.538. The zero-order chi connectivity index (χ0) is 8.73. The molecular formula is C9H17N4+. The number of nitrogens with zero attached hydrogens (tertiary/aromatic N) is 3. The Morgan fingerprint density at radius 2 is 2.08 bits per heavy atom. The average molecular weight is 181 g/mol. The number of guanidine groups is 1. The molecule has 3 aliphatic heterocycles. The van der Waals surface area contributed by atoms with Crippen LogP contribution in [0, 0.1) is 0 Å².